The molecule has 2 amide bonds. The molecule has 2 rings (SSSR count). The Morgan fingerprint density at radius 2 is 1.80 bits per heavy atom. The van der Waals surface area contributed by atoms with Gasteiger partial charge in [-0.05, 0) is 60.5 Å². The molecule has 132 valence electrons. The fourth-order valence-corrected chi connectivity index (χ4v) is 2.08. The van der Waals surface area contributed by atoms with E-state index in [0.717, 1.165) is 34.1 Å². The number of hydrogen-bond donors (Lipinski definition) is 2. The van der Waals surface area contributed by atoms with Gasteiger partial charge in [-0.2, -0.15) is 5.10 Å². The van der Waals surface area contributed by atoms with Crippen LogP contribution in [0.3, 0.4) is 0 Å². The lowest BCUT2D eigenvalue weighted by Crippen LogP contribution is -2.24. The molecule has 0 atom stereocenters. The summed E-state index contributed by atoms with van der Waals surface area (Å²) in [4.78, 5) is 10.5. The van der Waals surface area contributed by atoms with Crippen molar-refractivity contribution in [2.75, 3.05) is 13.2 Å². The van der Waals surface area contributed by atoms with Gasteiger partial charge in [-0.3, -0.25) is 0 Å². The second-order valence-electron chi connectivity index (χ2n) is 5.26. The lowest BCUT2D eigenvalue weighted by atomic mass is 10.2. The van der Waals surface area contributed by atoms with E-state index in [9.17, 15) is 4.79 Å². The minimum absolute atomic E-state index is 0.545. The molecule has 0 radical (unpaired) electrons. The van der Waals surface area contributed by atoms with Crippen molar-refractivity contribution in [1.82, 2.24) is 5.43 Å². The first-order valence-electron chi connectivity index (χ1n) is 7.75. The maximum atomic E-state index is 10.5. The molecule has 6 nitrogen and oxygen atoms in total. The Labute approximate surface area is 151 Å². The number of benzene rings is 2. The molecule has 0 fully saturated rings. The monoisotopic (exact) mass is 361 g/mol. The molecule has 0 aliphatic carbocycles. The van der Waals surface area contributed by atoms with Gasteiger partial charge in [-0.15, -0.1) is 0 Å². The third-order valence-electron chi connectivity index (χ3n) is 3.22. The van der Waals surface area contributed by atoms with E-state index in [4.69, 9.17) is 26.8 Å². The number of urea groups is 1. The van der Waals surface area contributed by atoms with E-state index in [1.807, 2.05) is 49.4 Å². The van der Waals surface area contributed by atoms with Crippen LogP contribution in [0.25, 0.3) is 0 Å². The molecule has 0 unspecified atom stereocenters. The molecule has 0 saturated carbocycles. The minimum atomic E-state index is -0.702. The van der Waals surface area contributed by atoms with E-state index in [1.54, 1.807) is 0 Å². The highest BCUT2D eigenvalue weighted by Crippen LogP contribution is 2.21. The van der Waals surface area contributed by atoms with Crippen LogP contribution in [0.1, 0.15) is 17.5 Å². The second kappa shape index (κ2) is 9.54. The van der Waals surface area contributed by atoms with Crippen LogP contribution in [-0.4, -0.2) is 25.5 Å². The molecule has 2 aromatic rings. The van der Waals surface area contributed by atoms with E-state index in [1.165, 1.54) is 6.21 Å². The summed E-state index contributed by atoms with van der Waals surface area (Å²) in [5.74, 6) is 1.55. The maximum Gasteiger partial charge on any atom is 0.332 e. The molecule has 0 aliphatic rings. The van der Waals surface area contributed by atoms with E-state index in [2.05, 4.69) is 10.5 Å². The number of amides is 2. The zero-order valence-corrected chi connectivity index (χ0v) is 14.6. The Morgan fingerprint density at radius 1 is 1.16 bits per heavy atom. The predicted molar refractivity (Wildman–Crippen MR) is 98.6 cm³/mol. The van der Waals surface area contributed by atoms with Crippen molar-refractivity contribution in [3.8, 4) is 11.5 Å². The number of nitrogens with zero attached hydrogens (tertiary/aromatic N) is 1. The topological polar surface area (TPSA) is 85.9 Å². The Morgan fingerprint density at radius 3 is 2.44 bits per heavy atom. The zero-order chi connectivity index (χ0) is 18.1. The Bertz CT molecular complexity index is 733. The third-order valence-corrected chi connectivity index (χ3v) is 3.65. The lowest BCUT2D eigenvalue weighted by Gasteiger charge is -2.09. The van der Waals surface area contributed by atoms with Gasteiger partial charge in [-0.1, -0.05) is 11.6 Å². The van der Waals surface area contributed by atoms with Gasteiger partial charge in [0.2, 0.25) is 0 Å². The quantitative estimate of drug-likeness (QED) is 0.428. The van der Waals surface area contributed by atoms with Gasteiger partial charge in [-0.25, -0.2) is 10.2 Å². The number of aryl methyl sites for hydroxylation is 1. The molecular weight excluding hydrogens is 342 g/mol. The number of carbonyl (C=O) groups is 1. The highest BCUT2D eigenvalue weighted by Gasteiger charge is 1.99. The summed E-state index contributed by atoms with van der Waals surface area (Å²) in [5, 5.41) is 4.41. The number of rotatable bonds is 8. The van der Waals surface area contributed by atoms with Gasteiger partial charge in [0.15, 0.2) is 0 Å². The number of hydrazone groups is 1. The Kier molecular flexibility index (Phi) is 7.10. The number of ether oxygens (including phenoxy) is 2. The molecule has 0 heterocycles. The van der Waals surface area contributed by atoms with Crippen LogP contribution in [0.4, 0.5) is 4.79 Å². The summed E-state index contributed by atoms with van der Waals surface area (Å²) in [6.45, 7) is 3.05. The molecule has 7 heteroatoms. The number of halogens is 1. The summed E-state index contributed by atoms with van der Waals surface area (Å²) in [6, 6.07) is 12.2. The van der Waals surface area contributed by atoms with Crippen LogP contribution in [0, 0.1) is 6.92 Å². The van der Waals surface area contributed by atoms with E-state index < -0.39 is 6.03 Å². The van der Waals surface area contributed by atoms with E-state index >= 15 is 0 Å². The smallest absolute Gasteiger partial charge is 0.332 e. The number of primary amides is 1. The summed E-state index contributed by atoms with van der Waals surface area (Å²) in [6.07, 6.45) is 2.25. The maximum absolute atomic E-state index is 10.5. The van der Waals surface area contributed by atoms with Crippen LogP contribution in [0.15, 0.2) is 47.6 Å². The largest absolute Gasteiger partial charge is 0.493 e. The van der Waals surface area contributed by atoms with Crippen molar-refractivity contribution >= 4 is 23.8 Å². The van der Waals surface area contributed by atoms with Crippen molar-refractivity contribution < 1.29 is 14.3 Å². The van der Waals surface area contributed by atoms with Gasteiger partial charge in [0.1, 0.15) is 11.5 Å². The van der Waals surface area contributed by atoms with Crippen LogP contribution < -0.4 is 20.6 Å². The molecule has 0 saturated heterocycles. The zero-order valence-electron chi connectivity index (χ0n) is 13.9. The SMILES string of the molecule is Cc1cc(OCCCOc2ccc(C=NNC(N)=O)cc2)ccc1Cl. The van der Waals surface area contributed by atoms with Crippen LogP contribution >= 0.6 is 11.6 Å². The van der Waals surface area contributed by atoms with Gasteiger partial charge in [0.05, 0.1) is 19.4 Å². The van der Waals surface area contributed by atoms with Gasteiger partial charge < -0.3 is 15.2 Å². The number of nitrogens with two attached hydrogens (primary N) is 1. The van der Waals surface area contributed by atoms with Gasteiger partial charge in [0, 0.05) is 11.4 Å². The molecule has 0 spiro atoms. The van der Waals surface area contributed by atoms with Crippen LogP contribution in [0.5, 0.6) is 11.5 Å². The van der Waals surface area contributed by atoms with Crippen molar-refractivity contribution in [2.24, 2.45) is 10.8 Å². The first-order valence-corrected chi connectivity index (χ1v) is 8.13. The van der Waals surface area contributed by atoms with E-state index in [-0.39, 0.29) is 0 Å². The minimum Gasteiger partial charge on any atom is -0.493 e. The van der Waals surface area contributed by atoms with Crippen LogP contribution in [-0.2, 0) is 0 Å². The van der Waals surface area contributed by atoms with E-state index in [0.29, 0.717) is 13.2 Å². The number of nitrogens with one attached hydrogen (secondary N) is 1. The molecular formula is C18H20ClN3O3. The lowest BCUT2D eigenvalue weighted by molar-refractivity contribution is 0.247. The molecule has 0 aliphatic heterocycles. The van der Waals surface area contributed by atoms with Gasteiger partial charge in [0.25, 0.3) is 0 Å². The molecule has 0 bridgehead atoms. The summed E-state index contributed by atoms with van der Waals surface area (Å²) in [5.41, 5.74) is 8.86. The van der Waals surface area contributed by atoms with Crippen molar-refractivity contribution in [3.05, 3.63) is 58.6 Å². The van der Waals surface area contributed by atoms with Crippen molar-refractivity contribution in [2.45, 2.75) is 13.3 Å². The summed E-state index contributed by atoms with van der Waals surface area (Å²) >= 11 is 5.98. The first-order chi connectivity index (χ1) is 12.0. The first kappa shape index (κ1) is 18.6. The highest BCUT2D eigenvalue weighted by molar-refractivity contribution is 6.31. The standard InChI is InChI=1S/C18H20ClN3O3/c1-13-11-16(7-8-17(13)19)25-10-2-9-24-15-5-3-14(4-6-15)12-21-22-18(20)23/h3-8,11-12H,2,9-10H2,1H3,(H3,20,22,23). The Hall–Kier alpha value is -2.73. The highest BCUT2D eigenvalue weighted by atomic mass is 35.5. The Balaban J connectivity index is 1.68. The molecule has 0 aromatic heterocycles. The second-order valence-corrected chi connectivity index (χ2v) is 5.67. The number of carbonyl (C=O) groups excluding carboxylic acids is 1. The fraction of sp³-hybridized carbons (Fsp3) is 0.222. The normalized spacial score (nSPS) is 10.6. The fourth-order valence-electron chi connectivity index (χ4n) is 1.97. The molecule has 3 N–H and O–H groups in total. The van der Waals surface area contributed by atoms with Crippen molar-refractivity contribution in [1.29, 1.82) is 0 Å². The predicted octanol–water partition coefficient (Wildman–Crippen LogP) is 3.50. The van der Waals surface area contributed by atoms with Crippen molar-refractivity contribution in [3.63, 3.8) is 0 Å². The average molecular weight is 362 g/mol. The number of hydrogen-bond acceptors (Lipinski definition) is 4. The van der Waals surface area contributed by atoms with Gasteiger partial charge >= 0.3 is 6.03 Å². The molecule has 2 aromatic carbocycles. The summed E-state index contributed by atoms with van der Waals surface area (Å²) < 4.78 is 11.3. The third kappa shape index (κ3) is 6.73. The van der Waals surface area contributed by atoms with Crippen LogP contribution in [0.2, 0.25) is 5.02 Å². The summed E-state index contributed by atoms with van der Waals surface area (Å²) in [7, 11) is 0. The molecule has 25 heavy (non-hydrogen) atoms. The average Bonchev–Trinajstić information content (AvgIpc) is 2.59.